The summed E-state index contributed by atoms with van der Waals surface area (Å²) >= 11 is 0. The van der Waals surface area contributed by atoms with Gasteiger partial charge < -0.3 is 14.6 Å². The lowest BCUT2D eigenvalue weighted by Gasteiger charge is -2.08. The molecule has 0 saturated carbocycles. The minimum Gasteiger partial charge on any atom is -0.491 e. The van der Waals surface area contributed by atoms with Crippen LogP contribution in [0.1, 0.15) is 30.9 Å². The number of carboxylic acid groups (broad SMARTS) is 1. The number of ether oxygens (including phenoxy) is 2. The first kappa shape index (κ1) is 20.6. The lowest BCUT2D eigenvalue weighted by molar-refractivity contribution is -0.138. The molecule has 0 fully saturated rings. The van der Waals surface area contributed by atoms with Gasteiger partial charge in [-0.2, -0.15) is 0 Å². The number of benzene rings is 2. The molecule has 1 N–H and O–H groups in total. The zero-order valence-electron chi connectivity index (χ0n) is 15.7. The maximum absolute atomic E-state index is 11.4. The fourth-order valence-corrected chi connectivity index (χ4v) is 2.43. The molecule has 1 unspecified atom stereocenters. The van der Waals surface area contributed by atoms with E-state index >= 15 is 0 Å². The van der Waals surface area contributed by atoms with Crippen molar-refractivity contribution in [3.05, 3.63) is 65.7 Å². The van der Waals surface area contributed by atoms with Crippen LogP contribution in [0.15, 0.2) is 59.6 Å². The van der Waals surface area contributed by atoms with Crippen molar-refractivity contribution in [1.29, 1.82) is 0 Å². The number of hydrogen-bond donors (Lipinski definition) is 1. The first-order chi connectivity index (χ1) is 13.2. The molecule has 0 aromatic heterocycles. The van der Waals surface area contributed by atoms with Crippen molar-refractivity contribution in [3.8, 4) is 5.75 Å². The summed E-state index contributed by atoms with van der Waals surface area (Å²) in [6.07, 6.45) is 4.15. The van der Waals surface area contributed by atoms with Gasteiger partial charge in [-0.05, 0) is 41.8 Å². The number of nitrogens with zero attached hydrogens (tertiary/aromatic N) is 1. The van der Waals surface area contributed by atoms with Crippen LogP contribution in [0, 0.1) is 0 Å². The third-order valence-corrected chi connectivity index (χ3v) is 3.98. The molecule has 144 valence electrons. The van der Waals surface area contributed by atoms with E-state index in [0.717, 1.165) is 36.3 Å². The summed E-state index contributed by atoms with van der Waals surface area (Å²) in [7, 11) is 0. The van der Waals surface area contributed by atoms with Crippen molar-refractivity contribution in [2.45, 2.75) is 32.2 Å². The van der Waals surface area contributed by atoms with Crippen LogP contribution in [0.3, 0.4) is 0 Å². The van der Waals surface area contributed by atoms with Crippen LogP contribution in [0.5, 0.6) is 5.75 Å². The van der Waals surface area contributed by atoms with E-state index in [2.05, 4.69) is 11.9 Å². The second-order valence-electron chi connectivity index (χ2n) is 6.21. The van der Waals surface area contributed by atoms with Crippen LogP contribution in [0.25, 0.3) is 0 Å². The first-order valence-corrected chi connectivity index (χ1v) is 9.29. The molecule has 0 radical (unpaired) electrons. The second-order valence-corrected chi connectivity index (χ2v) is 6.21. The van der Waals surface area contributed by atoms with Gasteiger partial charge in [-0.25, -0.2) is 4.79 Å². The lowest BCUT2D eigenvalue weighted by Crippen LogP contribution is -2.20. The van der Waals surface area contributed by atoms with Gasteiger partial charge in [0, 0.05) is 19.2 Å². The number of unbranched alkanes of at least 4 members (excludes halogenated alkanes) is 1. The van der Waals surface area contributed by atoms with Crippen molar-refractivity contribution in [1.82, 2.24) is 0 Å². The molecule has 0 bridgehead atoms. The second kappa shape index (κ2) is 11.9. The summed E-state index contributed by atoms with van der Waals surface area (Å²) in [5.41, 5.74) is 1.79. The molecule has 2 rings (SSSR count). The number of aliphatic imine (C=N–C) groups is 1. The van der Waals surface area contributed by atoms with E-state index in [-0.39, 0.29) is 0 Å². The van der Waals surface area contributed by atoms with Gasteiger partial charge >= 0.3 is 5.97 Å². The standard InChI is InChI=1S/C22H27NO4/c1-2-3-13-26-14-15-27-20-11-9-19(10-12-20)17-23-21(22(24)25)16-18-7-5-4-6-8-18/h4-12,17,21H,2-3,13-16H2,1H3,(H,24,25). The predicted molar refractivity (Wildman–Crippen MR) is 107 cm³/mol. The average Bonchev–Trinajstić information content (AvgIpc) is 2.69. The number of rotatable bonds is 12. The number of carbonyl (C=O) groups is 1. The monoisotopic (exact) mass is 369 g/mol. The Kier molecular flexibility index (Phi) is 9.07. The van der Waals surface area contributed by atoms with E-state index in [1.165, 1.54) is 0 Å². The summed E-state index contributed by atoms with van der Waals surface area (Å²) < 4.78 is 11.1. The Morgan fingerprint density at radius 1 is 1.07 bits per heavy atom. The molecule has 1 atom stereocenters. The zero-order chi connectivity index (χ0) is 19.3. The molecule has 27 heavy (non-hydrogen) atoms. The average molecular weight is 369 g/mol. The Labute approximate surface area is 160 Å². The number of aliphatic carboxylic acids is 1. The third kappa shape index (κ3) is 8.05. The highest BCUT2D eigenvalue weighted by atomic mass is 16.5. The van der Waals surface area contributed by atoms with E-state index in [0.29, 0.717) is 19.6 Å². The maximum Gasteiger partial charge on any atom is 0.328 e. The van der Waals surface area contributed by atoms with Gasteiger partial charge in [-0.15, -0.1) is 0 Å². The van der Waals surface area contributed by atoms with Crippen molar-refractivity contribution in [3.63, 3.8) is 0 Å². The highest BCUT2D eigenvalue weighted by Crippen LogP contribution is 2.12. The van der Waals surface area contributed by atoms with E-state index in [1.54, 1.807) is 6.21 Å². The fourth-order valence-electron chi connectivity index (χ4n) is 2.43. The molecular weight excluding hydrogens is 342 g/mol. The van der Waals surface area contributed by atoms with Crippen LogP contribution in [0.2, 0.25) is 0 Å². The van der Waals surface area contributed by atoms with Crippen LogP contribution >= 0.6 is 0 Å². The van der Waals surface area contributed by atoms with E-state index in [4.69, 9.17) is 9.47 Å². The Morgan fingerprint density at radius 2 is 1.81 bits per heavy atom. The molecule has 0 saturated heterocycles. The molecule has 0 spiro atoms. The van der Waals surface area contributed by atoms with Gasteiger partial charge in [0.05, 0.1) is 6.61 Å². The van der Waals surface area contributed by atoms with Gasteiger partial charge in [-0.1, -0.05) is 43.7 Å². The van der Waals surface area contributed by atoms with Crippen molar-refractivity contribution in [2.24, 2.45) is 4.99 Å². The van der Waals surface area contributed by atoms with Crippen LogP contribution < -0.4 is 4.74 Å². The summed E-state index contributed by atoms with van der Waals surface area (Å²) in [6, 6.07) is 16.1. The molecule has 2 aromatic carbocycles. The molecule has 0 aliphatic heterocycles. The van der Waals surface area contributed by atoms with Crippen molar-refractivity contribution in [2.75, 3.05) is 19.8 Å². The largest absolute Gasteiger partial charge is 0.491 e. The molecule has 5 nitrogen and oxygen atoms in total. The normalized spacial score (nSPS) is 12.2. The smallest absolute Gasteiger partial charge is 0.328 e. The quantitative estimate of drug-likeness (QED) is 0.454. The van der Waals surface area contributed by atoms with Gasteiger partial charge in [-0.3, -0.25) is 4.99 Å². The number of hydrogen-bond acceptors (Lipinski definition) is 4. The maximum atomic E-state index is 11.4. The Bertz CT molecular complexity index is 698. The minimum atomic E-state index is -0.932. The van der Waals surface area contributed by atoms with Gasteiger partial charge in [0.25, 0.3) is 0 Å². The predicted octanol–water partition coefficient (Wildman–Crippen LogP) is 4.00. The van der Waals surface area contributed by atoms with Gasteiger partial charge in [0.2, 0.25) is 0 Å². The van der Waals surface area contributed by atoms with Crippen molar-refractivity contribution < 1.29 is 19.4 Å². The highest BCUT2D eigenvalue weighted by molar-refractivity contribution is 5.83. The molecule has 5 heteroatoms. The number of carboxylic acids is 1. The van der Waals surface area contributed by atoms with Crippen LogP contribution in [0.4, 0.5) is 0 Å². The summed E-state index contributed by atoms with van der Waals surface area (Å²) in [5.74, 6) is -0.177. The SMILES string of the molecule is CCCCOCCOc1ccc(C=NC(Cc2ccccc2)C(=O)O)cc1. The molecule has 0 aliphatic rings. The minimum absolute atomic E-state index is 0.367. The Balaban J connectivity index is 1.83. The molecule has 0 heterocycles. The summed E-state index contributed by atoms with van der Waals surface area (Å²) in [4.78, 5) is 15.7. The van der Waals surface area contributed by atoms with Gasteiger partial charge in [0.15, 0.2) is 6.04 Å². The lowest BCUT2D eigenvalue weighted by atomic mass is 10.1. The summed E-state index contributed by atoms with van der Waals surface area (Å²) in [5, 5.41) is 9.39. The molecule has 2 aromatic rings. The van der Waals surface area contributed by atoms with Gasteiger partial charge in [0.1, 0.15) is 12.4 Å². The van der Waals surface area contributed by atoms with E-state index < -0.39 is 12.0 Å². The van der Waals surface area contributed by atoms with Crippen LogP contribution in [-0.2, 0) is 16.0 Å². The first-order valence-electron chi connectivity index (χ1n) is 9.29. The Hall–Kier alpha value is -2.66. The Morgan fingerprint density at radius 3 is 2.48 bits per heavy atom. The fraction of sp³-hybridized carbons (Fsp3) is 0.364. The molecular formula is C22H27NO4. The van der Waals surface area contributed by atoms with E-state index in [9.17, 15) is 9.90 Å². The van der Waals surface area contributed by atoms with Crippen LogP contribution in [-0.4, -0.2) is 43.2 Å². The highest BCUT2D eigenvalue weighted by Gasteiger charge is 2.15. The zero-order valence-corrected chi connectivity index (χ0v) is 15.7. The topological polar surface area (TPSA) is 68.1 Å². The third-order valence-electron chi connectivity index (χ3n) is 3.98. The summed E-state index contributed by atoms with van der Waals surface area (Å²) in [6.45, 7) is 3.98. The van der Waals surface area contributed by atoms with Crippen molar-refractivity contribution >= 4 is 12.2 Å². The molecule has 0 aliphatic carbocycles. The molecule has 0 amide bonds. The van der Waals surface area contributed by atoms with E-state index in [1.807, 2.05) is 54.6 Å².